The van der Waals surface area contributed by atoms with E-state index in [4.69, 9.17) is 5.11 Å². The van der Waals surface area contributed by atoms with Gasteiger partial charge in [0.15, 0.2) is 0 Å². The third kappa shape index (κ3) is 3.89. The SMILES string of the molecule is CC(C(=O)O)N(C)C(C)c1ccccc1OC(F)F. The van der Waals surface area contributed by atoms with E-state index in [2.05, 4.69) is 4.74 Å². The highest BCUT2D eigenvalue weighted by Gasteiger charge is 2.25. The molecule has 6 heteroatoms. The maximum atomic E-state index is 12.3. The van der Waals surface area contributed by atoms with Crippen LogP contribution >= 0.6 is 0 Å². The average Bonchev–Trinajstić information content (AvgIpc) is 2.36. The van der Waals surface area contributed by atoms with Crippen molar-refractivity contribution in [2.45, 2.75) is 32.5 Å². The van der Waals surface area contributed by atoms with Gasteiger partial charge in [-0.1, -0.05) is 18.2 Å². The fraction of sp³-hybridized carbons (Fsp3) is 0.462. The summed E-state index contributed by atoms with van der Waals surface area (Å²) in [5, 5.41) is 8.97. The number of benzene rings is 1. The zero-order chi connectivity index (χ0) is 14.6. The molecule has 4 nitrogen and oxygen atoms in total. The number of rotatable bonds is 6. The van der Waals surface area contributed by atoms with E-state index in [0.717, 1.165) is 0 Å². The van der Waals surface area contributed by atoms with Crippen molar-refractivity contribution in [3.63, 3.8) is 0 Å². The van der Waals surface area contributed by atoms with Crippen LogP contribution in [0.5, 0.6) is 5.75 Å². The first-order chi connectivity index (χ1) is 8.84. The maximum absolute atomic E-state index is 12.3. The van der Waals surface area contributed by atoms with Gasteiger partial charge in [-0.2, -0.15) is 8.78 Å². The zero-order valence-electron chi connectivity index (χ0n) is 11.0. The number of halogens is 2. The summed E-state index contributed by atoms with van der Waals surface area (Å²) in [7, 11) is 1.63. The Morgan fingerprint density at radius 3 is 2.42 bits per heavy atom. The topological polar surface area (TPSA) is 49.8 Å². The number of carboxylic acid groups (broad SMARTS) is 1. The normalized spacial score (nSPS) is 14.5. The second kappa shape index (κ2) is 6.47. The number of para-hydroxylation sites is 1. The second-order valence-electron chi connectivity index (χ2n) is 4.27. The molecule has 0 saturated carbocycles. The molecule has 0 fully saturated rings. The Hall–Kier alpha value is -1.69. The van der Waals surface area contributed by atoms with Crippen LogP contribution in [0.15, 0.2) is 24.3 Å². The molecule has 2 atom stereocenters. The van der Waals surface area contributed by atoms with Crippen molar-refractivity contribution in [1.29, 1.82) is 0 Å². The van der Waals surface area contributed by atoms with Crippen molar-refractivity contribution >= 4 is 5.97 Å². The van der Waals surface area contributed by atoms with E-state index < -0.39 is 18.6 Å². The van der Waals surface area contributed by atoms with Gasteiger partial charge in [-0.15, -0.1) is 0 Å². The number of hydrogen-bond acceptors (Lipinski definition) is 3. The molecule has 1 N–H and O–H groups in total. The molecule has 0 aliphatic heterocycles. The van der Waals surface area contributed by atoms with Crippen molar-refractivity contribution in [3.8, 4) is 5.75 Å². The molecule has 0 aliphatic rings. The van der Waals surface area contributed by atoms with Gasteiger partial charge in [-0.25, -0.2) is 0 Å². The molecule has 0 saturated heterocycles. The summed E-state index contributed by atoms with van der Waals surface area (Å²) in [6, 6.07) is 5.29. The quantitative estimate of drug-likeness (QED) is 0.865. The average molecular weight is 273 g/mol. The number of likely N-dealkylation sites (N-methyl/N-ethyl adjacent to an activating group) is 1. The molecule has 0 aliphatic carbocycles. The van der Waals surface area contributed by atoms with Gasteiger partial charge in [0, 0.05) is 11.6 Å². The molecule has 0 aromatic heterocycles. The van der Waals surface area contributed by atoms with E-state index in [1.807, 2.05) is 0 Å². The van der Waals surface area contributed by atoms with Crippen molar-refractivity contribution in [3.05, 3.63) is 29.8 Å². The Balaban J connectivity index is 2.98. The minimum atomic E-state index is -2.91. The van der Waals surface area contributed by atoms with E-state index in [1.54, 1.807) is 37.1 Å². The van der Waals surface area contributed by atoms with Crippen LogP contribution in [0.25, 0.3) is 0 Å². The predicted molar refractivity (Wildman–Crippen MR) is 66.3 cm³/mol. The van der Waals surface area contributed by atoms with Crippen LogP contribution in [0, 0.1) is 0 Å². The first-order valence-electron chi connectivity index (χ1n) is 5.83. The van der Waals surface area contributed by atoms with E-state index in [-0.39, 0.29) is 11.8 Å². The standard InChI is InChI=1S/C13H17F2NO3/c1-8(16(3)9(2)12(17)18)10-6-4-5-7-11(10)19-13(14)15/h4-9,13H,1-3H3,(H,17,18). The van der Waals surface area contributed by atoms with Crippen molar-refractivity contribution in [2.75, 3.05) is 7.05 Å². The predicted octanol–water partition coefficient (Wildman–Crippen LogP) is 2.75. The Labute approximate surface area is 110 Å². The van der Waals surface area contributed by atoms with Crippen LogP contribution in [0.4, 0.5) is 8.78 Å². The Bertz CT molecular complexity index is 440. The number of carboxylic acids is 1. The number of nitrogens with zero attached hydrogens (tertiary/aromatic N) is 1. The van der Waals surface area contributed by atoms with Gasteiger partial charge in [0.2, 0.25) is 0 Å². The van der Waals surface area contributed by atoms with Gasteiger partial charge in [-0.05, 0) is 27.0 Å². The second-order valence-corrected chi connectivity index (χ2v) is 4.27. The first-order valence-corrected chi connectivity index (χ1v) is 5.83. The summed E-state index contributed by atoms with van der Waals surface area (Å²) in [5.41, 5.74) is 0.526. The molecule has 0 amide bonds. The third-order valence-electron chi connectivity index (χ3n) is 3.16. The van der Waals surface area contributed by atoms with Crippen LogP contribution in [0.2, 0.25) is 0 Å². The molecule has 1 aromatic carbocycles. The highest BCUT2D eigenvalue weighted by atomic mass is 19.3. The molecule has 19 heavy (non-hydrogen) atoms. The maximum Gasteiger partial charge on any atom is 0.387 e. The molecule has 0 spiro atoms. The van der Waals surface area contributed by atoms with Gasteiger partial charge in [0.05, 0.1) is 0 Å². The zero-order valence-corrected chi connectivity index (χ0v) is 11.0. The number of hydrogen-bond donors (Lipinski definition) is 1. The molecular formula is C13H17F2NO3. The van der Waals surface area contributed by atoms with Gasteiger partial charge in [0.25, 0.3) is 0 Å². The Morgan fingerprint density at radius 2 is 1.89 bits per heavy atom. The van der Waals surface area contributed by atoms with Gasteiger partial charge >= 0.3 is 12.6 Å². The van der Waals surface area contributed by atoms with E-state index in [0.29, 0.717) is 5.56 Å². The molecule has 1 rings (SSSR count). The minimum absolute atomic E-state index is 0.0643. The molecule has 0 bridgehead atoms. The summed E-state index contributed by atoms with van der Waals surface area (Å²) in [6.07, 6.45) is 0. The lowest BCUT2D eigenvalue weighted by Gasteiger charge is -2.29. The van der Waals surface area contributed by atoms with Crippen LogP contribution in [-0.4, -0.2) is 35.7 Å². The summed E-state index contributed by atoms with van der Waals surface area (Å²) in [5.74, 6) is -0.906. The van der Waals surface area contributed by atoms with Gasteiger partial charge in [-0.3, -0.25) is 9.69 Å². The molecule has 106 valence electrons. The molecule has 1 aromatic rings. The van der Waals surface area contributed by atoms with E-state index >= 15 is 0 Å². The lowest BCUT2D eigenvalue weighted by Crippen LogP contribution is -2.37. The third-order valence-corrected chi connectivity index (χ3v) is 3.16. The Kier molecular flexibility index (Phi) is 5.23. The van der Waals surface area contributed by atoms with Crippen molar-refractivity contribution in [2.24, 2.45) is 0 Å². The summed E-state index contributed by atoms with van der Waals surface area (Å²) in [6.45, 7) is 0.373. The van der Waals surface area contributed by atoms with Crippen molar-refractivity contribution < 1.29 is 23.4 Å². The van der Waals surface area contributed by atoms with Crippen LogP contribution in [0.3, 0.4) is 0 Å². The van der Waals surface area contributed by atoms with E-state index in [1.165, 1.54) is 13.0 Å². The lowest BCUT2D eigenvalue weighted by atomic mass is 10.0. The largest absolute Gasteiger partial charge is 0.480 e. The number of aliphatic carboxylic acids is 1. The van der Waals surface area contributed by atoms with Crippen LogP contribution < -0.4 is 4.74 Å². The highest BCUT2D eigenvalue weighted by Crippen LogP contribution is 2.30. The molecule has 0 heterocycles. The first kappa shape index (κ1) is 15.4. The number of ether oxygens (including phenoxy) is 1. The number of alkyl halides is 2. The molecule has 2 unspecified atom stereocenters. The molecular weight excluding hydrogens is 256 g/mol. The summed E-state index contributed by atoms with van der Waals surface area (Å²) >= 11 is 0. The van der Waals surface area contributed by atoms with Crippen LogP contribution in [0.1, 0.15) is 25.5 Å². The lowest BCUT2D eigenvalue weighted by molar-refractivity contribution is -0.142. The van der Waals surface area contributed by atoms with E-state index in [9.17, 15) is 13.6 Å². The van der Waals surface area contributed by atoms with Crippen LogP contribution in [-0.2, 0) is 4.79 Å². The van der Waals surface area contributed by atoms with Gasteiger partial charge in [0.1, 0.15) is 11.8 Å². The summed E-state index contributed by atoms with van der Waals surface area (Å²) < 4.78 is 29.1. The van der Waals surface area contributed by atoms with Crippen molar-refractivity contribution in [1.82, 2.24) is 4.90 Å². The smallest absolute Gasteiger partial charge is 0.387 e. The monoisotopic (exact) mass is 273 g/mol. The minimum Gasteiger partial charge on any atom is -0.480 e. The number of carbonyl (C=O) groups is 1. The van der Waals surface area contributed by atoms with Gasteiger partial charge < -0.3 is 9.84 Å². The Morgan fingerprint density at radius 1 is 1.32 bits per heavy atom. The fourth-order valence-electron chi connectivity index (χ4n) is 1.76. The fourth-order valence-corrected chi connectivity index (χ4v) is 1.76. The summed E-state index contributed by atoms with van der Waals surface area (Å²) in [4.78, 5) is 12.5. The highest BCUT2D eigenvalue weighted by molar-refractivity contribution is 5.72. The molecule has 0 radical (unpaired) electrons.